The molecule has 152 valence electrons. The number of hydrogen-bond donors (Lipinski definition) is 1. The Bertz CT molecular complexity index is 915. The number of carbonyl (C=O) groups is 2. The van der Waals surface area contributed by atoms with Crippen LogP contribution < -0.4 is 4.74 Å². The third-order valence-electron chi connectivity index (χ3n) is 4.91. The van der Waals surface area contributed by atoms with Crippen LogP contribution in [0.1, 0.15) is 29.7 Å². The molecule has 0 bridgehead atoms. The van der Waals surface area contributed by atoms with Crippen molar-refractivity contribution in [1.29, 1.82) is 0 Å². The summed E-state index contributed by atoms with van der Waals surface area (Å²) in [4.78, 5) is 27.0. The van der Waals surface area contributed by atoms with E-state index in [0.717, 1.165) is 11.1 Å². The first kappa shape index (κ1) is 20.6. The van der Waals surface area contributed by atoms with Gasteiger partial charge in [-0.05, 0) is 43.7 Å². The molecule has 1 unspecified atom stereocenters. The number of nitrogens with zero attached hydrogens (tertiary/aromatic N) is 1. The maximum absolute atomic E-state index is 12.8. The highest BCUT2D eigenvalue weighted by molar-refractivity contribution is 6.46. The van der Waals surface area contributed by atoms with Crippen molar-refractivity contribution in [1.82, 2.24) is 4.90 Å². The maximum Gasteiger partial charge on any atom is 0.295 e. The molecule has 0 aromatic heterocycles. The number of amides is 1. The second-order valence-corrected chi connectivity index (χ2v) is 6.85. The molecular formula is C23H25NO5. The molecule has 1 atom stereocenters. The summed E-state index contributed by atoms with van der Waals surface area (Å²) < 4.78 is 10.5. The Morgan fingerprint density at radius 2 is 1.72 bits per heavy atom. The van der Waals surface area contributed by atoms with Gasteiger partial charge in [0, 0.05) is 19.2 Å². The number of aliphatic hydroxyl groups excluding tert-OH is 1. The van der Waals surface area contributed by atoms with Crippen molar-refractivity contribution >= 4 is 17.4 Å². The fraction of sp³-hybridized carbons (Fsp3) is 0.304. The molecule has 0 radical (unpaired) electrons. The topological polar surface area (TPSA) is 76.1 Å². The zero-order valence-corrected chi connectivity index (χ0v) is 16.8. The van der Waals surface area contributed by atoms with Crippen LogP contribution in [0.2, 0.25) is 0 Å². The average Bonchev–Trinajstić information content (AvgIpc) is 2.98. The summed E-state index contributed by atoms with van der Waals surface area (Å²) in [7, 11) is 1.54. The first-order valence-electron chi connectivity index (χ1n) is 9.55. The standard InChI is InChI=1S/C23H25NO5/c1-4-29-18-11-9-17(10-12-18)21(25)19-20(16-7-5-15(2)6-8-16)24(13-14-28-3)23(27)22(19)26/h5-12,20,25H,4,13-14H2,1-3H3/b21-19+. The van der Waals surface area contributed by atoms with E-state index in [1.165, 1.54) is 12.0 Å². The van der Waals surface area contributed by atoms with E-state index in [1.807, 2.05) is 38.1 Å². The summed E-state index contributed by atoms with van der Waals surface area (Å²) in [6.07, 6.45) is 0. The minimum atomic E-state index is -0.696. The van der Waals surface area contributed by atoms with E-state index >= 15 is 0 Å². The maximum atomic E-state index is 12.8. The van der Waals surface area contributed by atoms with Crippen LogP contribution in [0.25, 0.3) is 5.76 Å². The molecule has 1 aliphatic heterocycles. The summed E-state index contributed by atoms with van der Waals surface area (Å²) in [5.41, 5.74) is 2.36. The summed E-state index contributed by atoms with van der Waals surface area (Å²) in [6, 6.07) is 13.7. The van der Waals surface area contributed by atoms with Gasteiger partial charge in [0.25, 0.3) is 11.7 Å². The smallest absolute Gasteiger partial charge is 0.295 e. The molecule has 1 heterocycles. The Morgan fingerprint density at radius 3 is 2.31 bits per heavy atom. The van der Waals surface area contributed by atoms with E-state index in [1.54, 1.807) is 24.3 Å². The lowest BCUT2D eigenvalue weighted by atomic mass is 9.94. The number of aliphatic hydroxyl groups is 1. The van der Waals surface area contributed by atoms with Crippen molar-refractivity contribution in [2.45, 2.75) is 19.9 Å². The second kappa shape index (κ2) is 8.92. The number of carbonyl (C=O) groups excluding carboxylic acids is 2. The normalized spacial score (nSPS) is 18.3. The van der Waals surface area contributed by atoms with E-state index < -0.39 is 17.7 Å². The summed E-state index contributed by atoms with van der Waals surface area (Å²) in [6.45, 7) is 4.92. The van der Waals surface area contributed by atoms with Crippen LogP contribution in [0.3, 0.4) is 0 Å². The number of hydrogen-bond acceptors (Lipinski definition) is 5. The minimum Gasteiger partial charge on any atom is -0.507 e. The molecule has 6 heteroatoms. The lowest BCUT2D eigenvalue weighted by Crippen LogP contribution is -2.32. The third-order valence-corrected chi connectivity index (χ3v) is 4.91. The first-order valence-corrected chi connectivity index (χ1v) is 9.55. The molecule has 1 amide bonds. The summed E-state index contributed by atoms with van der Waals surface area (Å²) in [5, 5.41) is 11.0. The zero-order valence-electron chi connectivity index (χ0n) is 16.8. The van der Waals surface area contributed by atoms with Gasteiger partial charge < -0.3 is 19.5 Å². The second-order valence-electron chi connectivity index (χ2n) is 6.85. The number of likely N-dealkylation sites (tertiary alicyclic amines) is 1. The van der Waals surface area contributed by atoms with Crippen molar-refractivity contribution in [2.75, 3.05) is 26.9 Å². The van der Waals surface area contributed by atoms with Gasteiger partial charge in [0.1, 0.15) is 11.5 Å². The fourth-order valence-electron chi connectivity index (χ4n) is 3.43. The van der Waals surface area contributed by atoms with Gasteiger partial charge in [-0.15, -0.1) is 0 Å². The van der Waals surface area contributed by atoms with Gasteiger partial charge in [0.15, 0.2) is 0 Å². The van der Waals surface area contributed by atoms with Gasteiger partial charge in [-0.3, -0.25) is 9.59 Å². The molecule has 0 saturated carbocycles. The van der Waals surface area contributed by atoms with E-state index in [4.69, 9.17) is 9.47 Å². The van der Waals surface area contributed by atoms with E-state index in [-0.39, 0.29) is 17.9 Å². The molecule has 0 spiro atoms. The Balaban J connectivity index is 2.09. The third kappa shape index (κ3) is 4.17. The summed E-state index contributed by atoms with van der Waals surface area (Å²) >= 11 is 0. The largest absolute Gasteiger partial charge is 0.507 e. The predicted molar refractivity (Wildman–Crippen MR) is 110 cm³/mol. The molecule has 6 nitrogen and oxygen atoms in total. The predicted octanol–water partition coefficient (Wildman–Crippen LogP) is 3.46. The molecule has 1 saturated heterocycles. The van der Waals surface area contributed by atoms with Crippen LogP contribution in [0.15, 0.2) is 54.1 Å². The highest BCUT2D eigenvalue weighted by Gasteiger charge is 2.45. The minimum absolute atomic E-state index is 0.0825. The molecular weight excluding hydrogens is 370 g/mol. The van der Waals surface area contributed by atoms with E-state index in [0.29, 0.717) is 24.5 Å². The quantitative estimate of drug-likeness (QED) is 0.441. The van der Waals surface area contributed by atoms with Gasteiger partial charge in [0.2, 0.25) is 0 Å². The first-order chi connectivity index (χ1) is 14.0. The Kier molecular flexibility index (Phi) is 6.34. The number of ketones is 1. The lowest BCUT2D eigenvalue weighted by Gasteiger charge is -2.25. The highest BCUT2D eigenvalue weighted by atomic mass is 16.5. The van der Waals surface area contributed by atoms with Gasteiger partial charge in [-0.25, -0.2) is 0 Å². The van der Waals surface area contributed by atoms with Crippen LogP contribution in [0, 0.1) is 6.92 Å². The Hall–Kier alpha value is -3.12. The van der Waals surface area contributed by atoms with E-state index in [2.05, 4.69) is 0 Å². The lowest BCUT2D eigenvalue weighted by molar-refractivity contribution is -0.140. The van der Waals surface area contributed by atoms with Crippen molar-refractivity contribution in [3.63, 3.8) is 0 Å². The van der Waals surface area contributed by atoms with Gasteiger partial charge in [0.05, 0.1) is 24.8 Å². The number of ether oxygens (including phenoxy) is 2. The number of aryl methyl sites for hydroxylation is 1. The molecule has 2 aromatic rings. The van der Waals surface area contributed by atoms with Crippen LogP contribution in [-0.2, 0) is 14.3 Å². The molecule has 0 aliphatic carbocycles. The van der Waals surface area contributed by atoms with Crippen LogP contribution in [0.5, 0.6) is 5.75 Å². The zero-order chi connectivity index (χ0) is 21.0. The van der Waals surface area contributed by atoms with Crippen LogP contribution in [-0.4, -0.2) is 48.6 Å². The fourth-order valence-corrected chi connectivity index (χ4v) is 3.43. The van der Waals surface area contributed by atoms with Crippen LogP contribution in [0.4, 0.5) is 0 Å². The molecule has 3 rings (SSSR count). The van der Waals surface area contributed by atoms with Gasteiger partial charge in [-0.1, -0.05) is 29.8 Å². The molecule has 1 N–H and O–H groups in total. The highest BCUT2D eigenvalue weighted by Crippen LogP contribution is 2.39. The number of rotatable bonds is 7. The molecule has 1 fully saturated rings. The average molecular weight is 395 g/mol. The van der Waals surface area contributed by atoms with Crippen LogP contribution >= 0.6 is 0 Å². The summed E-state index contributed by atoms with van der Waals surface area (Å²) in [5.74, 6) is -0.866. The Morgan fingerprint density at radius 1 is 1.07 bits per heavy atom. The number of Topliss-reactive ketones (excluding diaryl/α,β-unsaturated/α-hetero) is 1. The van der Waals surface area contributed by atoms with Gasteiger partial charge in [-0.2, -0.15) is 0 Å². The molecule has 2 aromatic carbocycles. The Labute approximate surface area is 170 Å². The van der Waals surface area contributed by atoms with Crippen molar-refractivity contribution in [3.8, 4) is 5.75 Å². The van der Waals surface area contributed by atoms with Crippen molar-refractivity contribution in [2.24, 2.45) is 0 Å². The molecule has 29 heavy (non-hydrogen) atoms. The van der Waals surface area contributed by atoms with Crippen molar-refractivity contribution < 1.29 is 24.2 Å². The SMILES string of the molecule is CCOc1ccc(/C(O)=C2\C(=O)C(=O)N(CCOC)C2c2ccc(C)cc2)cc1. The van der Waals surface area contributed by atoms with E-state index in [9.17, 15) is 14.7 Å². The molecule has 1 aliphatic rings. The monoisotopic (exact) mass is 395 g/mol. The number of benzene rings is 2. The van der Waals surface area contributed by atoms with Gasteiger partial charge >= 0.3 is 0 Å². The van der Waals surface area contributed by atoms with Crippen molar-refractivity contribution in [3.05, 3.63) is 70.8 Å². The number of methoxy groups -OCH3 is 1.